The van der Waals surface area contributed by atoms with Crippen molar-refractivity contribution in [2.24, 2.45) is 0 Å². The maximum Gasteiger partial charge on any atom is 0.323 e. The third kappa shape index (κ3) is 7.92. The lowest BCUT2D eigenvalue weighted by Crippen LogP contribution is -2.31. The minimum Gasteiger partial charge on any atom is -0.506 e. The number of nitrogens with one attached hydrogen (secondary N) is 6. The first-order valence-corrected chi connectivity index (χ1v) is 22.2. The van der Waals surface area contributed by atoms with Gasteiger partial charge in [0.2, 0.25) is 22.9 Å². The molecule has 2 aliphatic carbocycles. The van der Waals surface area contributed by atoms with Crippen molar-refractivity contribution in [1.29, 1.82) is 0 Å². The van der Waals surface area contributed by atoms with E-state index in [4.69, 9.17) is 0 Å². The summed E-state index contributed by atoms with van der Waals surface area (Å²) in [6.45, 7) is 0. The fraction of sp³-hybridized carbons (Fsp3) is 0. The van der Waals surface area contributed by atoms with Crippen molar-refractivity contribution in [3.63, 3.8) is 0 Å². The summed E-state index contributed by atoms with van der Waals surface area (Å²) < 4.78 is 2.00. The number of aromatic amines is 4. The van der Waals surface area contributed by atoms with Crippen molar-refractivity contribution in [1.82, 2.24) is 29.8 Å². The highest BCUT2D eigenvalue weighted by atomic mass is 16.3. The van der Waals surface area contributed by atoms with E-state index < -0.39 is 29.0 Å². The summed E-state index contributed by atoms with van der Waals surface area (Å²) in [6, 6.07) is 53.4. The van der Waals surface area contributed by atoms with E-state index in [0.717, 1.165) is 22.7 Å². The molecule has 70 heavy (non-hydrogen) atoms. The Morgan fingerprint density at radius 3 is 1.53 bits per heavy atom. The summed E-state index contributed by atoms with van der Waals surface area (Å²) >= 11 is 0. The van der Waals surface area contributed by atoms with Gasteiger partial charge in [-0.15, -0.1) is 0 Å². The molecule has 0 unspecified atom stereocenters. The van der Waals surface area contributed by atoms with E-state index in [1.807, 2.05) is 143 Å². The van der Waals surface area contributed by atoms with E-state index in [-0.39, 0.29) is 50.6 Å². The average molecular weight is 920 g/mol. The smallest absolute Gasteiger partial charge is 0.323 e. The number of H-pyrrole nitrogens is 4. The lowest BCUT2D eigenvalue weighted by atomic mass is 9.78. The molecule has 0 radical (unpaired) electrons. The molecule has 2 amide bonds. The van der Waals surface area contributed by atoms with E-state index in [1.165, 1.54) is 0 Å². The van der Waals surface area contributed by atoms with Gasteiger partial charge in [0.15, 0.2) is 0 Å². The highest BCUT2D eigenvalue weighted by Gasteiger charge is 2.40. The monoisotopic (exact) mass is 919 g/mol. The number of ketones is 1. The molecule has 0 atom stereocenters. The number of anilines is 4. The molecule has 11 rings (SSSR count). The molecule has 0 saturated heterocycles. The number of benzene rings is 7. The maximum atomic E-state index is 14.8. The van der Waals surface area contributed by atoms with E-state index in [1.54, 1.807) is 60.7 Å². The lowest BCUT2D eigenvalue weighted by Gasteiger charge is -2.29. The van der Waals surface area contributed by atoms with E-state index in [2.05, 4.69) is 30.6 Å². The van der Waals surface area contributed by atoms with Crippen LogP contribution in [-0.2, 0) is 4.79 Å². The SMILES string of the molecule is O=C1C(c2ccc(N(c3ccccc3)c3ccccc3)cc2NC(=O)c2ccc3[nH]c(=O)[nH]c3c2)=C(O)/C1=C1/C=CC(=[N+](c2ccccc2)c2ccccc2)C=C1NC(=O)c1ccc2[nH]c(=O)[nH]c2c1. The van der Waals surface area contributed by atoms with Crippen LogP contribution >= 0.6 is 0 Å². The van der Waals surface area contributed by atoms with Gasteiger partial charge in [-0.25, -0.2) is 9.59 Å². The number of aliphatic hydroxyl groups excluding tert-OH is 1. The van der Waals surface area contributed by atoms with Crippen LogP contribution in [0.2, 0.25) is 0 Å². The van der Waals surface area contributed by atoms with Crippen molar-refractivity contribution < 1.29 is 19.5 Å². The maximum absolute atomic E-state index is 14.8. The number of Topliss-reactive ketones (excluding diaryl/α,β-unsaturated/α-hetero) is 1. The number of allylic oxidation sites excluding steroid dienone is 5. The first kappa shape index (κ1) is 42.5. The van der Waals surface area contributed by atoms with Crippen LogP contribution in [0.5, 0.6) is 0 Å². The van der Waals surface area contributed by atoms with Crippen molar-refractivity contribution in [3.05, 3.63) is 254 Å². The van der Waals surface area contributed by atoms with Gasteiger partial charge in [-0.2, -0.15) is 4.58 Å². The van der Waals surface area contributed by atoms with Crippen molar-refractivity contribution >= 4 is 85.1 Å². The molecule has 7 N–H and O–H groups in total. The Hall–Kier alpha value is -10.1. The average Bonchev–Trinajstić information content (AvgIpc) is 3.96. The fourth-order valence-corrected chi connectivity index (χ4v) is 8.83. The Labute approximate surface area is 397 Å². The van der Waals surface area contributed by atoms with Gasteiger partial charge in [0.1, 0.15) is 5.76 Å². The quantitative estimate of drug-likeness (QED) is 0.0523. The zero-order valence-corrected chi connectivity index (χ0v) is 36.9. The first-order chi connectivity index (χ1) is 34.2. The zero-order valence-electron chi connectivity index (χ0n) is 36.9. The van der Waals surface area contributed by atoms with Crippen LogP contribution in [0.15, 0.2) is 226 Å². The molecule has 7 aromatic carbocycles. The molecule has 338 valence electrons. The number of nitrogens with zero attached hydrogens (tertiary/aromatic N) is 2. The molecule has 14 nitrogen and oxygen atoms in total. The number of aliphatic hydroxyl groups is 1. The Balaban J connectivity index is 1.05. The summed E-state index contributed by atoms with van der Waals surface area (Å²) in [4.78, 5) is 80.1. The Bertz CT molecular complexity index is 3800. The van der Waals surface area contributed by atoms with Gasteiger partial charge < -0.3 is 40.6 Å². The second kappa shape index (κ2) is 17.6. The van der Waals surface area contributed by atoms with Gasteiger partial charge in [-0.05, 0) is 84.9 Å². The minimum absolute atomic E-state index is 0.0494. The molecule has 2 heterocycles. The molecular formula is C56H39N8O6+. The molecule has 0 fully saturated rings. The van der Waals surface area contributed by atoms with E-state index >= 15 is 0 Å². The van der Waals surface area contributed by atoms with Gasteiger partial charge in [0, 0.05) is 75.7 Å². The standard InChI is InChI=1S/C56H38N8O6/c65-51-49(41-25-23-39(63(35-13-5-1-6-14-35)36-15-7-2-8-16-36)31-45(41)57-53(67)33-21-27-43-47(29-33)61-55(69)59-43)52(66)50(51)42-26-24-40(64(37-17-9-3-10-18-37)38-19-11-4-12-20-38)32-46(42)58-54(68)34-22-28-44-48(30-34)62-56(70)60-44/h1-32H,(H6,57,58,59,60,61,62,65,66,67,68,69,70)/p+1. The zero-order chi connectivity index (χ0) is 47.9. The molecule has 0 aliphatic heterocycles. The lowest BCUT2D eigenvalue weighted by molar-refractivity contribution is -0.111. The second-order valence-corrected chi connectivity index (χ2v) is 16.5. The van der Waals surface area contributed by atoms with E-state index in [0.29, 0.717) is 33.5 Å². The van der Waals surface area contributed by atoms with Crippen LogP contribution in [0, 0.1) is 0 Å². The molecule has 0 saturated carbocycles. The first-order valence-electron chi connectivity index (χ1n) is 22.2. The number of para-hydroxylation sites is 4. The number of fused-ring (bicyclic) bond motifs is 2. The summed E-state index contributed by atoms with van der Waals surface area (Å²) in [5.74, 6) is -1.95. The number of aromatic nitrogens is 4. The van der Waals surface area contributed by atoms with Crippen LogP contribution in [-0.4, -0.2) is 48.4 Å². The predicted molar refractivity (Wildman–Crippen MR) is 273 cm³/mol. The van der Waals surface area contributed by atoms with Crippen molar-refractivity contribution in [2.45, 2.75) is 0 Å². The van der Waals surface area contributed by atoms with Gasteiger partial charge >= 0.3 is 11.4 Å². The third-order valence-electron chi connectivity index (χ3n) is 12.1. The number of amides is 2. The molecule has 9 aromatic rings. The fourth-order valence-electron chi connectivity index (χ4n) is 8.83. The molecule has 0 spiro atoms. The number of hydrogen-bond acceptors (Lipinski definition) is 7. The summed E-state index contributed by atoms with van der Waals surface area (Å²) in [7, 11) is 0. The van der Waals surface area contributed by atoms with Crippen LogP contribution in [0.3, 0.4) is 0 Å². The summed E-state index contributed by atoms with van der Waals surface area (Å²) in [6.07, 6.45) is 5.23. The van der Waals surface area contributed by atoms with E-state index in [9.17, 15) is 29.1 Å². The molecule has 2 aromatic heterocycles. The van der Waals surface area contributed by atoms with Gasteiger partial charge in [-0.3, -0.25) is 14.4 Å². The molecule has 0 bridgehead atoms. The third-order valence-corrected chi connectivity index (χ3v) is 12.1. The summed E-state index contributed by atoms with van der Waals surface area (Å²) in [5, 5.41) is 18.2. The number of rotatable bonds is 10. The molecule has 14 heteroatoms. The normalized spacial score (nSPS) is 14.4. The number of imidazole rings is 2. The number of hydrogen-bond donors (Lipinski definition) is 7. The van der Waals surface area contributed by atoms with Crippen LogP contribution in [0.1, 0.15) is 26.3 Å². The topological polar surface area (TPSA) is 199 Å². The van der Waals surface area contributed by atoms with Crippen LogP contribution in [0.25, 0.3) is 27.6 Å². The largest absolute Gasteiger partial charge is 0.506 e. The Morgan fingerprint density at radius 1 is 0.500 bits per heavy atom. The van der Waals surface area contributed by atoms with Crippen molar-refractivity contribution in [2.75, 3.05) is 10.2 Å². The van der Waals surface area contributed by atoms with Crippen LogP contribution < -0.4 is 31.5 Å². The summed E-state index contributed by atoms with van der Waals surface area (Å²) in [5.41, 5.74) is 6.99. The second-order valence-electron chi connectivity index (χ2n) is 16.5. The van der Waals surface area contributed by atoms with Crippen molar-refractivity contribution in [3.8, 4) is 0 Å². The highest BCUT2D eigenvalue weighted by molar-refractivity contribution is 6.40. The molecular weight excluding hydrogens is 881 g/mol. The highest BCUT2D eigenvalue weighted by Crippen LogP contribution is 2.45. The predicted octanol–water partition coefficient (Wildman–Crippen LogP) is 9.76. The van der Waals surface area contributed by atoms with Gasteiger partial charge in [0.25, 0.3) is 11.8 Å². The molecule has 2 aliphatic rings. The Morgan fingerprint density at radius 2 is 1.00 bits per heavy atom. The minimum atomic E-state index is -0.535. The van der Waals surface area contributed by atoms with Gasteiger partial charge in [0.05, 0.1) is 44.6 Å². The van der Waals surface area contributed by atoms with Gasteiger partial charge in [-0.1, -0.05) is 72.8 Å². The van der Waals surface area contributed by atoms with Crippen LogP contribution in [0.4, 0.5) is 34.1 Å². The number of carbonyl (C=O) groups excluding carboxylic acids is 3. The number of carbonyl (C=O) groups is 3. The Kier molecular flexibility index (Phi) is 10.7.